The fourth-order valence-electron chi connectivity index (χ4n) is 4.58. The summed E-state index contributed by atoms with van der Waals surface area (Å²) in [5.41, 5.74) is 3.58. The van der Waals surface area contributed by atoms with E-state index in [-0.39, 0.29) is 0 Å². The fraction of sp³-hybridized carbons (Fsp3) is 0.444. The van der Waals surface area contributed by atoms with Crippen LogP contribution in [0.5, 0.6) is 0 Å². The lowest BCUT2D eigenvalue weighted by molar-refractivity contribution is -0.120. The highest BCUT2D eigenvalue weighted by Crippen LogP contribution is 2.40. The second-order valence-electron chi connectivity index (χ2n) is 9.63. The Bertz CT molecular complexity index is 1090. The highest BCUT2D eigenvalue weighted by Gasteiger charge is 2.38. The first-order valence-corrected chi connectivity index (χ1v) is 13.9. The lowest BCUT2D eigenvalue weighted by Crippen LogP contribution is -2.37. The van der Waals surface area contributed by atoms with Gasteiger partial charge in [0.2, 0.25) is 10.0 Å². The van der Waals surface area contributed by atoms with Gasteiger partial charge in [0.25, 0.3) is 5.91 Å². The van der Waals surface area contributed by atoms with Crippen LogP contribution < -0.4 is 5.32 Å². The van der Waals surface area contributed by atoms with Gasteiger partial charge in [0, 0.05) is 31.6 Å². The van der Waals surface area contributed by atoms with Crippen molar-refractivity contribution >= 4 is 22.0 Å². The van der Waals surface area contributed by atoms with Crippen LogP contribution in [-0.2, 0) is 21.4 Å². The largest absolute Gasteiger partial charge is 0.313 e. The number of rotatable bonds is 9. The van der Waals surface area contributed by atoms with E-state index < -0.39 is 15.9 Å². The molecule has 0 aromatic heterocycles. The van der Waals surface area contributed by atoms with Crippen molar-refractivity contribution in [1.29, 1.82) is 0 Å². The normalized spacial score (nSPS) is 21.6. The third-order valence-corrected chi connectivity index (χ3v) is 8.18. The number of piperidine rings is 1. The quantitative estimate of drug-likeness (QED) is 0.556. The van der Waals surface area contributed by atoms with Crippen LogP contribution in [0.4, 0.5) is 0 Å². The summed E-state index contributed by atoms with van der Waals surface area (Å²) in [6.45, 7) is 4.29. The van der Waals surface area contributed by atoms with Crippen LogP contribution in [0.2, 0.25) is 0 Å². The molecule has 2 atom stereocenters. The molecule has 2 fully saturated rings. The molecule has 1 heterocycles. The molecule has 0 spiro atoms. The summed E-state index contributed by atoms with van der Waals surface area (Å²) < 4.78 is 23.6. The summed E-state index contributed by atoms with van der Waals surface area (Å²) in [6.07, 6.45) is 7.67. The summed E-state index contributed by atoms with van der Waals surface area (Å²) in [7, 11) is -2.27. The Hall–Kier alpha value is -2.48. The van der Waals surface area contributed by atoms with E-state index in [1.165, 1.54) is 43.5 Å². The zero-order chi connectivity index (χ0) is 24.1. The van der Waals surface area contributed by atoms with Gasteiger partial charge in [-0.05, 0) is 67.6 Å². The smallest absolute Gasteiger partial charge is 0.259 e. The first kappa shape index (κ1) is 24.6. The molecular weight excluding hydrogens is 446 g/mol. The van der Waals surface area contributed by atoms with Crippen molar-refractivity contribution in [1.82, 2.24) is 14.5 Å². The third kappa shape index (κ3) is 6.78. The van der Waals surface area contributed by atoms with Gasteiger partial charge in [0.05, 0.1) is 6.26 Å². The number of amides is 1. The van der Waals surface area contributed by atoms with Gasteiger partial charge in [0.1, 0.15) is 0 Å². The molecule has 1 aliphatic heterocycles. The molecule has 0 bridgehead atoms. The van der Waals surface area contributed by atoms with Gasteiger partial charge in [0.15, 0.2) is 0 Å². The molecular formula is C27H35N3O3S. The highest BCUT2D eigenvalue weighted by atomic mass is 32.2. The third-order valence-electron chi connectivity index (χ3n) is 7.01. The van der Waals surface area contributed by atoms with E-state index in [0.717, 1.165) is 48.2 Å². The number of carbonyl (C=O) groups is 1. The van der Waals surface area contributed by atoms with Crippen molar-refractivity contribution < 1.29 is 13.2 Å². The second-order valence-corrected chi connectivity index (χ2v) is 11.6. The van der Waals surface area contributed by atoms with Crippen molar-refractivity contribution in [3.63, 3.8) is 0 Å². The fourth-order valence-corrected chi connectivity index (χ4v) is 4.97. The standard InChI is InChI=1S/C27H35N3O3S/c1-29(34(2,32)33)27(31)13-12-21-8-10-23(11-9-21)20-30-16-14-22(15-17-30)19-28-26-18-25(26)24-6-4-3-5-7-24/h3-13,22,25-26,28H,14-20H2,1-2H3/b13-12+/t25-,26+/m0/s1. The minimum atomic E-state index is -3.53. The molecule has 7 heteroatoms. The van der Waals surface area contributed by atoms with E-state index in [9.17, 15) is 13.2 Å². The van der Waals surface area contributed by atoms with Gasteiger partial charge in [-0.1, -0.05) is 54.6 Å². The van der Waals surface area contributed by atoms with E-state index in [4.69, 9.17) is 0 Å². The minimum Gasteiger partial charge on any atom is -0.313 e. The Kier molecular flexibility index (Phi) is 7.86. The van der Waals surface area contributed by atoms with Crippen molar-refractivity contribution in [2.75, 3.05) is 32.9 Å². The number of nitrogens with one attached hydrogen (secondary N) is 1. The van der Waals surface area contributed by atoms with Crippen molar-refractivity contribution in [2.24, 2.45) is 5.92 Å². The molecule has 6 nitrogen and oxygen atoms in total. The molecule has 0 unspecified atom stereocenters. The van der Waals surface area contributed by atoms with Gasteiger partial charge in [-0.15, -0.1) is 0 Å². The van der Waals surface area contributed by atoms with Gasteiger partial charge in [-0.3, -0.25) is 9.69 Å². The van der Waals surface area contributed by atoms with Gasteiger partial charge in [-0.2, -0.15) is 0 Å². The Morgan fingerprint density at radius 1 is 1.09 bits per heavy atom. The number of benzene rings is 2. The number of likely N-dealkylation sites (tertiary alicyclic amines) is 1. The summed E-state index contributed by atoms with van der Waals surface area (Å²) >= 11 is 0. The summed E-state index contributed by atoms with van der Waals surface area (Å²) in [5.74, 6) is 0.891. The number of sulfonamides is 1. The summed E-state index contributed by atoms with van der Waals surface area (Å²) in [5, 5.41) is 3.80. The predicted molar refractivity (Wildman–Crippen MR) is 137 cm³/mol. The number of hydrogen-bond donors (Lipinski definition) is 1. The molecule has 2 aliphatic rings. The van der Waals surface area contributed by atoms with Crippen LogP contribution in [0.1, 0.15) is 41.9 Å². The van der Waals surface area contributed by atoms with Gasteiger partial charge >= 0.3 is 0 Å². The number of likely N-dealkylation sites (N-methyl/N-ethyl adjacent to an activating group) is 1. The van der Waals surface area contributed by atoms with Crippen molar-refractivity contribution in [3.8, 4) is 0 Å². The van der Waals surface area contributed by atoms with E-state index in [2.05, 4.69) is 52.7 Å². The molecule has 1 saturated heterocycles. The Morgan fingerprint density at radius 3 is 2.41 bits per heavy atom. The van der Waals surface area contributed by atoms with Crippen LogP contribution >= 0.6 is 0 Å². The monoisotopic (exact) mass is 481 g/mol. The maximum absolute atomic E-state index is 11.9. The molecule has 2 aromatic rings. The van der Waals surface area contributed by atoms with Crippen LogP contribution in [0.3, 0.4) is 0 Å². The maximum atomic E-state index is 11.9. The molecule has 1 saturated carbocycles. The van der Waals surface area contributed by atoms with Gasteiger partial charge < -0.3 is 5.32 Å². The van der Waals surface area contributed by atoms with E-state index in [1.54, 1.807) is 6.08 Å². The topological polar surface area (TPSA) is 69.7 Å². The Morgan fingerprint density at radius 2 is 1.76 bits per heavy atom. The van der Waals surface area contributed by atoms with E-state index in [0.29, 0.717) is 12.0 Å². The summed E-state index contributed by atoms with van der Waals surface area (Å²) in [4.78, 5) is 14.4. The van der Waals surface area contributed by atoms with Gasteiger partial charge in [-0.25, -0.2) is 12.7 Å². The number of nitrogens with zero attached hydrogens (tertiary/aromatic N) is 2. The highest BCUT2D eigenvalue weighted by molar-refractivity contribution is 7.88. The maximum Gasteiger partial charge on any atom is 0.259 e. The number of hydrogen-bond acceptors (Lipinski definition) is 5. The van der Waals surface area contributed by atoms with Crippen LogP contribution in [0, 0.1) is 5.92 Å². The zero-order valence-corrected chi connectivity index (χ0v) is 20.9. The molecule has 0 radical (unpaired) electrons. The molecule has 34 heavy (non-hydrogen) atoms. The van der Waals surface area contributed by atoms with Crippen LogP contribution in [-0.4, -0.2) is 62.5 Å². The predicted octanol–water partition coefficient (Wildman–Crippen LogP) is 3.48. The lowest BCUT2D eigenvalue weighted by atomic mass is 9.96. The minimum absolute atomic E-state index is 0.554. The average Bonchev–Trinajstić information content (AvgIpc) is 3.62. The van der Waals surface area contributed by atoms with E-state index in [1.807, 2.05) is 12.1 Å². The van der Waals surface area contributed by atoms with Crippen LogP contribution in [0.15, 0.2) is 60.7 Å². The molecule has 2 aromatic carbocycles. The first-order valence-electron chi connectivity index (χ1n) is 12.0. The zero-order valence-electron chi connectivity index (χ0n) is 20.1. The molecule has 1 N–H and O–H groups in total. The Balaban J connectivity index is 1.17. The van der Waals surface area contributed by atoms with Crippen molar-refractivity contribution in [2.45, 2.75) is 37.8 Å². The molecule has 4 rings (SSSR count). The molecule has 182 valence electrons. The van der Waals surface area contributed by atoms with Crippen molar-refractivity contribution in [3.05, 3.63) is 77.4 Å². The Labute approximate surface area is 203 Å². The average molecular weight is 482 g/mol. The SMILES string of the molecule is CN(C(=O)/C=C/c1ccc(CN2CCC(CN[C@@H]3C[C@H]3c3ccccc3)CC2)cc1)S(C)(=O)=O. The summed E-state index contributed by atoms with van der Waals surface area (Å²) in [6, 6.07) is 19.6. The lowest BCUT2D eigenvalue weighted by Gasteiger charge is -2.32. The number of carbonyl (C=O) groups excluding carboxylic acids is 1. The molecule has 1 amide bonds. The first-order chi connectivity index (χ1) is 16.3. The molecule has 1 aliphatic carbocycles. The van der Waals surface area contributed by atoms with Crippen LogP contribution in [0.25, 0.3) is 6.08 Å². The second kappa shape index (κ2) is 10.8. The van der Waals surface area contributed by atoms with E-state index >= 15 is 0 Å².